The van der Waals surface area contributed by atoms with Gasteiger partial charge < -0.3 is 9.84 Å². The van der Waals surface area contributed by atoms with Crippen molar-refractivity contribution in [3.8, 4) is 22.8 Å². The van der Waals surface area contributed by atoms with E-state index in [0.29, 0.717) is 11.6 Å². The number of pyridine rings is 3. The van der Waals surface area contributed by atoms with Gasteiger partial charge in [-0.1, -0.05) is 11.6 Å². The molecule has 0 aliphatic carbocycles. The van der Waals surface area contributed by atoms with Gasteiger partial charge in [-0.3, -0.25) is 19.3 Å². The van der Waals surface area contributed by atoms with Gasteiger partial charge in [0, 0.05) is 30.2 Å². The molecule has 0 aliphatic rings. The fourth-order valence-corrected chi connectivity index (χ4v) is 3.76. The summed E-state index contributed by atoms with van der Waals surface area (Å²) in [5, 5.41) is 9.85. The minimum atomic E-state index is -1.37. The van der Waals surface area contributed by atoms with Gasteiger partial charge in [0.2, 0.25) is 0 Å². The Labute approximate surface area is 214 Å². The second-order valence-corrected chi connectivity index (χ2v) is 9.13. The molecule has 0 amide bonds. The van der Waals surface area contributed by atoms with Crippen molar-refractivity contribution in [2.45, 2.75) is 39.9 Å². The maximum absolute atomic E-state index is 15.9. The molecular weight excluding hydrogens is 511 g/mol. The fourth-order valence-electron chi connectivity index (χ4n) is 3.56. The molecule has 4 aromatic heterocycles. The van der Waals surface area contributed by atoms with Gasteiger partial charge >= 0.3 is 0 Å². The minimum absolute atomic E-state index is 0.0679. The van der Waals surface area contributed by atoms with Crippen molar-refractivity contribution in [3.63, 3.8) is 0 Å². The third-order valence-electron chi connectivity index (χ3n) is 5.39. The molecule has 0 aliphatic heterocycles. The van der Waals surface area contributed by atoms with Crippen LogP contribution in [0.1, 0.15) is 36.6 Å². The molecule has 8 nitrogen and oxygen atoms in total. The Morgan fingerprint density at radius 1 is 1.11 bits per heavy atom. The third-order valence-corrected chi connectivity index (χ3v) is 5.74. The minimum Gasteiger partial charge on any atom is -0.485 e. The summed E-state index contributed by atoms with van der Waals surface area (Å²) in [6, 6.07) is 3.48. The Balaban J connectivity index is 1.77. The van der Waals surface area contributed by atoms with Gasteiger partial charge in [-0.2, -0.15) is 0 Å². The van der Waals surface area contributed by atoms with E-state index < -0.39 is 35.2 Å². The van der Waals surface area contributed by atoms with Crippen molar-refractivity contribution < 1.29 is 23.0 Å². The maximum atomic E-state index is 15.9. The van der Waals surface area contributed by atoms with E-state index in [1.165, 1.54) is 45.3 Å². The first-order valence-corrected chi connectivity index (χ1v) is 11.3. The molecule has 37 heavy (non-hydrogen) atoms. The molecule has 0 fully saturated rings. The molecule has 0 bridgehead atoms. The lowest BCUT2D eigenvalue weighted by molar-refractivity contribution is 0.0688. The highest BCUT2D eigenvalue weighted by atomic mass is 35.5. The molecule has 4 heterocycles. The van der Waals surface area contributed by atoms with Gasteiger partial charge in [-0.05, 0) is 39.3 Å². The number of rotatable bonds is 6. The predicted octanol–water partition coefficient (Wildman–Crippen LogP) is 4.58. The van der Waals surface area contributed by atoms with Crippen molar-refractivity contribution in [1.82, 2.24) is 24.5 Å². The zero-order valence-electron chi connectivity index (χ0n) is 20.2. The second-order valence-electron chi connectivity index (χ2n) is 8.75. The summed E-state index contributed by atoms with van der Waals surface area (Å²) in [7, 11) is 0. The summed E-state index contributed by atoms with van der Waals surface area (Å²) < 4.78 is 49.4. The molecule has 1 N–H and O–H groups in total. The van der Waals surface area contributed by atoms with Gasteiger partial charge in [0.25, 0.3) is 5.56 Å². The molecule has 0 spiro atoms. The average Bonchev–Trinajstić information content (AvgIpc) is 2.83. The summed E-state index contributed by atoms with van der Waals surface area (Å²) in [4.78, 5) is 29.3. The highest BCUT2D eigenvalue weighted by Gasteiger charge is 2.24. The zero-order chi connectivity index (χ0) is 27.1. The Kier molecular flexibility index (Phi) is 7.03. The predicted molar refractivity (Wildman–Crippen MR) is 129 cm³/mol. The van der Waals surface area contributed by atoms with E-state index in [0.717, 1.165) is 10.8 Å². The normalized spacial score (nSPS) is 11.6. The molecule has 0 saturated heterocycles. The van der Waals surface area contributed by atoms with E-state index in [1.54, 1.807) is 6.92 Å². The molecular formula is C25H21ClF3N5O3. The summed E-state index contributed by atoms with van der Waals surface area (Å²) in [5.41, 5.74) is -1.90. The van der Waals surface area contributed by atoms with Gasteiger partial charge in [0.15, 0.2) is 17.5 Å². The van der Waals surface area contributed by atoms with E-state index in [1.807, 2.05) is 0 Å². The first-order chi connectivity index (χ1) is 17.4. The lowest BCUT2D eigenvalue weighted by Crippen LogP contribution is -2.24. The number of hydrogen-bond acceptors (Lipinski definition) is 7. The number of ether oxygens (including phenoxy) is 1. The van der Waals surface area contributed by atoms with Crippen LogP contribution in [0.25, 0.3) is 17.1 Å². The van der Waals surface area contributed by atoms with Crippen molar-refractivity contribution in [3.05, 3.63) is 92.4 Å². The molecule has 0 atom stereocenters. The lowest BCUT2D eigenvalue weighted by atomic mass is 10.1. The highest BCUT2D eigenvalue weighted by Crippen LogP contribution is 2.30. The first kappa shape index (κ1) is 26.2. The summed E-state index contributed by atoms with van der Waals surface area (Å²) in [6.07, 6.45) is 3.59. The molecule has 12 heteroatoms. The van der Waals surface area contributed by atoms with Gasteiger partial charge in [-0.25, -0.2) is 23.1 Å². The Morgan fingerprint density at radius 3 is 2.51 bits per heavy atom. The molecule has 4 rings (SSSR count). The van der Waals surface area contributed by atoms with Crippen LogP contribution in [0, 0.1) is 31.3 Å². The number of halogens is 4. The van der Waals surface area contributed by atoms with Gasteiger partial charge in [-0.15, -0.1) is 0 Å². The largest absolute Gasteiger partial charge is 0.485 e. The van der Waals surface area contributed by atoms with Crippen LogP contribution in [0.5, 0.6) is 5.75 Å². The average molecular weight is 532 g/mol. The lowest BCUT2D eigenvalue weighted by Gasteiger charge is -2.18. The maximum Gasteiger partial charge on any atom is 0.278 e. The van der Waals surface area contributed by atoms with Crippen LogP contribution < -0.4 is 10.3 Å². The summed E-state index contributed by atoms with van der Waals surface area (Å²) in [5.74, 6) is -2.61. The molecule has 0 saturated carbocycles. The van der Waals surface area contributed by atoms with Crippen LogP contribution in [0.2, 0.25) is 5.02 Å². The van der Waals surface area contributed by atoms with Gasteiger partial charge in [0.1, 0.15) is 40.2 Å². The van der Waals surface area contributed by atoms with E-state index in [4.69, 9.17) is 16.3 Å². The van der Waals surface area contributed by atoms with Crippen molar-refractivity contribution in [2.24, 2.45) is 0 Å². The quantitative estimate of drug-likeness (QED) is 0.388. The van der Waals surface area contributed by atoms with Crippen LogP contribution in [0.3, 0.4) is 0 Å². The molecule has 0 aromatic carbocycles. The second kappa shape index (κ2) is 9.91. The number of hydrogen-bond donors (Lipinski definition) is 1. The van der Waals surface area contributed by atoms with Crippen LogP contribution in [0.15, 0.2) is 41.6 Å². The van der Waals surface area contributed by atoms with Crippen LogP contribution in [-0.4, -0.2) is 29.6 Å². The topological polar surface area (TPSA) is 103 Å². The third kappa shape index (κ3) is 5.18. The standard InChI is InChI=1S/C25H21ClF3N5O3/c1-12-9-32-21(16-5-6-30-24(33-16)25(3,4)36)20(29)22(12)34-13(2)7-18(19(26)23(34)35)37-11-17-15(28)8-14(27)10-31-17/h5-10,36H,11H2,1-4H3. The molecule has 192 valence electrons. The SMILES string of the molecule is Cc1cnc(-c2ccnc(C(C)(C)O)n2)c(F)c1-n1c(C)cc(OCc2ncc(F)cc2F)c(Cl)c1=O. The van der Waals surface area contributed by atoms with Crippen molar-refractivity contribution in [2.75, 3.05) is 0 Å². The van der Waals surface area contributed by atoms with Crippen molar-refractivity contribution in [1.29, 1.82) is 0 Å². The Morgan fingerprint density at radius 2 is 1.84 bits per heavy atom. The van der Waals surface area contributed by atoms with E-state index >= 15 is 4.39 Å². The van der Waals surface area contributed by atoms with E-state index in [9.17, 15) is 18.7 Å². The summed E-state index contributed by atoms with van der Waals surface area (Å²) >= 11 is 6.26. The zero-order valence-corrected chi connectivity index (χ0v) is 20.9. The molecule has 0 unspecified atom stereocenters. The molecule has 0 radical (unpaired) electrons. The molecule has 4 aromatic rings. The Hall–Kier alpha value is -3.83. The number of aliphatic hydroxyl groups is 1. The number of aromatic nitrogens is 5. The summed E-state index contributed by atoms with van der Waals surface area (Å²) in [6.45, 7) is 5.68. The van der Waals surface area contributed by atoms with Crippen LogP contribution in [0.4, 0.5) is 13.2 Å². The van der Waals surface area contributed by atoms with Crippen LogP contribution in [-0.2, 0) is 12.2 Å². The van der Waals surface area contributed by atoms with Crippen molar-refractivity contribution >= 4 is 11.6 Å². The highest BCUT2D eigenvalue weighted by molar-refractivity contribution is 6.31. The van der Waals surface area contributed by atoms with Crippen LogP contribution >= 0.6 is 11.6 Å². The Bertz CT molecular complexity index is 1570. The number of nitrogens with zero attached hydrogens (tertiary/aromatic N) is 5. The monoisotopic (exact) mass is 531 g/mol. The fraction of sp³-hybridized carbons (Fsp3) is 0.240. The smallest absolute Gasteiger partial charge is 0.278 e. The van der Waals surface area contributed by atoms with Gasteiger partial charge in [0.05, 0.1) is 17.6 Å². The first-order valence-electron chi connectivity index (χ1n) is 10.9. The number of aryl methyl sites for hydroxylation is 2. The van der Waals surface area contributed by atoms with E-state index in [-0.39, 0.29) is 45.1 Å². The van der Waals surface area contributed by atoms with E-state index in [2.05, 4.69) is 19.9 Å².